The second-order valence-corrected chi connectivity index (χ2v) is 3.49. The van der Waals surface area contributed by atoms with Crippen LogP contribution in [-0.2, 0) is 8.92 Å². The number of ether oxygens (including phenoxy) is 1. The standard InChI is InChI=1S/C7H15NO2S/c1-9-11-8-4-2-3-6-10-7-5-8/h2-7H2,1H3. The Bertz CT molecular complexity index is 94.4. The maximum atomic E-state index is 5.34. The second kappa shape index (κ2) is 5.83. The summed E-state index contributed by atoms with van der Waals surface area (Å²) in [4.78, 5) is 0. The van der Waals surface area contributed by atoms with Crippen LogP contribution in [0.25, 0.3) is 0 Å². The SMILES string of the molecule is COSN1CCCCOCC1. The topological polar surface area (TPSA) is 21.7 Å². The molecule has 1 fully saturated rings. The summed E-state index contributed by atoms with van der Waals surface area (Å²) in [5.41, 5.74) is 0. The zero-order chi connectivity index (χ0) is 7.94. The van der Waals surface area contributed by atoms with Crippen LogP contribution in [0.2, 0.25) is 0 Å². The number of nitrogens with zero attached hydrogens (tertiary/aromatic N) is 1. The van der Waals surface area contributed by atoms with Crippen LogP contribution in [0.3, 0.4) is 0 Å². The Morgan fingerprint density at radius 2 is 2.18 bits per heavy atom. The van der Waals surface area contributed by atoms with E-state index < -0.39 is 0 Å². The molecule has 0 spiro atoms. The summed E-state index contributed by atoms with van der Waals surface area (Å²) in [7, 11) is 1.70. The number of hydrogen-bond acceptors (Lipinski definition) is 4. The molecule has 1 rings (SSSR count). The van der Waals surface area contributed by atoms with E-state index in [0.717, 1.165) is 26.3 Å². The third-order valence-corrected chi connectivity index (χ3v) is 2.34. The van der Waals surface area contributed by atoms with Crippen molar-refractivity contribution in [2.75, 3.05) is 33.4 Å². The van der Waals surface area contributed by atoms with Crippen molar-refractivity contribution in [3.8, 4) is 0 Å². The monoisotopic (exact) mass is 177 g/mol. The third-order valence-electron chi connectivity index (χ3n) is 1.61. The molecule has 66 valence electrons. The maximum absolute atomic E-state index is 5.34. The quantitative estimate of drug-likeness (QED) is 0.468. The van der Waals surface area contributed by atoms with Crippen molar-refractivity contribution in [3.05, 3.63) is 0 Å². The molecule has 11 heavy (non-hydrogen) atoms. The van der Waals surface area contributed by atoms with Gasteiger partial charge in [0.2, 0.25) is 0 Å². The highest BCUT2D eigenvalue weighted by Gasteiger charge is 2.07. The minimum Gasteiger partial charge on any atom is -0.380 e. The fourth-order valence-corrected chi connectivity index (χ4v) is 1.62. The van der Waals surface area contributed by atoms with E-state index in [9.17, 15) is 0 Å². The molecular formula is C7H15NO2S. The van der Waals surface area contributed by atoms with Crippen molar-refractivity contribution < 1.29 is 8.92 Å². The van der Waals surface area contributed by atoms with E-state index >= 15 is 0 Å². The van der Waals surface area contributed by atoms with Gasteiger partial charge in [-0.3, -0.25) is 0 Å². The summed E-state index contributed by atoms with van der Waals surface area (Å²) in [6.45, 7) is 3.84. The predicted molar refractivity (Wildman–Crippen MR) is 46.2 cm³/mol. The van der Waals surface area contributed by atoms with E-state index in [0.29, 0.717) is 0 Å². The molecule has 0 aliphatic carbocycles. The van der Waals surface area contributed by atoms with Crippen LogP contribution in [0.4, 0.5) is 0 Å². The molecule has 0 amide bonds. The van der Waals surface area contributed by atoms with Crippen LogP contribution < -0.4 is 0 Å². The molecule has 0 radical (unpaired) electrons. The minimum absolute atomic E-state index is 0.830. The molecule has 0 saturated carbocycles. The number of rotatable bonds is 2. The molecule has 0 atom stereocenters. The van der Waals surface area contributed by atoms with Crippen molar-refractivity contribution >= 4 is 12.2 Å². The normalized spacial score (nSPS) is 22.6. The molecule has 1 heterocycles. The molecule has 0 unspecified atom stereocenters. The van der Waals surface area contributed by atoms with Gasteiger partial charge in [0.15, 0.2) is 0 Å². The summed E-state index contributed by atoms with van der Waals surface area (Å²) in [6, 6.07) is 0. The van der Waals surface area contributed by atoms with Gasteiger partial charge < -0.3 is 8.92 Å². The van der Waals surface area contributed by atoms with Crippen molar-refractivity contribution in [2.45, 2.75) is 12.8 Å². The zero-order valence-electron chi connectivity index (χ0n) is 6.91. The minimum atomic E-state index is 0.830. The van der Waals surface area contributed by atoms with Crippen LogP contribution in [0.5, 0.6) is 0 Å². The van der Waals surface area contributed by atoms with Crippen molar-refractivity contribution in [3.63, 3.8) is 0 Å². The second-order valence-electron chi connectivity index (χ2n) is 2.49. The molecule has 1 aliphatic rings. The lowest BCUT2D eigenvalue weighted by atomic mass is 10.3. The third kappa shape index (κ3) is 3.96. The zero-order valence-corrected chi connectivity index (χ0v) is 7.73. The van der Waals surface area contributed by atoms with Gasteiger partial charge in [-0.1, -0.05) is 0 Å². The van der Waals surface area contributed by atoms with Crippen LogP contribution in [0.1, 0.15) is 12.8 Å². The molecule has 0 aromatic rings. The van der Waals surface area contributed by atoms with Crippen molar-refractivity contribution in [1.82, 2.24) is 4.31 Å². The Balaban J connectivity index is 2.15. The van der Waals surface area contributed by atoms with Gasteiger partial charge in [0, 0.05) is 19.7 Å². The first-order valence-electron chi connectivity index (χ1n) is 3.97. The van der Waals surface area contributed by atoms with E-state index in [-0.39, 0.29) is 0 Å². The summed E-state index contributed by atoms with van der Waals surface area (Å²) < 4.78 is 12.5. The van der Waals surface area contributed by atoms with Crippen LogP contribution >= 0.6 is 12.2 Å². The Hall–Kier alpha value is 0.230. The lowest BCUT2D eigenvalue weighted by Gasteiger charge is -2.21. The average Bonchev–Trinajstić information content (AvgIpc) is 1.94. The highest BCUT2D eigenvalue weighted by Crippen LogP contribution is 2.12. The van der Waals surface area contributed by atoms with Crippen LogP contribution in [0, 0.1) is 0 Å². The molecule has 0 aromatic heterocycles. The first-order chi connectivity index (χ1) is 5.43. The Morgan fingerprint density at radius 3 is 3.00 bits per heavy atom. The van der Waals surface area contributed by atoms with Crippen LogP contribution in [0.15, 0.2) is 0 Å². The molecule has 3 nitrogen and oxygen atoms in total. The summed E-state index contributed by atoms with van der Waals surface area (Å²) in [6.07, 6.45) is 2.37. The highest BCUT2D eigenvalue weighted by atomic mass is 32.2. The van der Waals surface area contributed by atoms with Crippen molar-refractivity contribution in [1.29, 1.82) is 0 Å². The Kier molecular flexibility index (Phi) is 4.94. The highest BCUT2D eigenvalue weighted by molar-refractivity contribution is 7.92. The first kappa shape index (κ1) is 9.32. The molecular weight excluding hydrogens is 162 g/mol. The summed E-state index contributed by atoms with van der Waals surface area (Å²) in [5, 5.41) is 0. The van der Waals surface area contributed by atoms with E-state index in [1.54, 1.807) is 7.11 Å². The average molecular weight is 177 g/mol. The smallest absolute Gasteiger partial charge is 0.0816 e. The summed E-state index contributed by atoms with van der Waals surface area (Å²) in [5.74, 6) is 0. The fraction of sp³-hybridized carbons (Fsp3) is 1.00. The molecule has 4 heteroatoms. The fourth-order valence-electron chi connectivity index (χ4n) is 1.05. The first-order valence-corrected chi connectivity index (χ1v) is 4.67. The van der Waals surface area contributed by atoms with Gasteiger partial charge in [-0.05, 0) is 12.8 Å². The number of hydrogen-bond donors (Lipinski definition) is 0. The molecule has 1 aliphatic heterocycles. The van der Waals surface area contributed by atoms with E-state index in [2.05, 4.69) is 4.31 Å². The molecule has 0 aromatic carbocycles. The predicted octanol–water partition coefficient (Wildman–Crippen LogP) is 1.31. The van der Waals surface area contributed by atoms with E-state index in [1.807, 2.05) is 0 Å². The van der Waals surface area contributed by atoms with E-state index in [1.165, 1.54) is 25.1 Å². The Morgan fingerprint density at radius 1 is 1.27 bits per heavy atom. The molecule has 0 bridgehead atoms. The molecule has 0 N–H and O–H groups in total. The van der Waals surface area contributed by atoms with Gasteiger partial charge >= 0.3 is 0 Å². The lowest BCUT2D eigenvalue weighted by molar-refractivity contribution is 0.105. The van der Waals surface area contributed by atoms with E-state index in [4.69, 9.17) is 8.92 Å². The van der Waals surface area contributed by atoms with Gasteiger partial charge in [-0.25, -0.2) is 4.31 Å². The van der Waals surface area contributed by atoms with Gasteiger partial charge in [0.25, 0.3) is 0 Å². The Labute approximate surface area is 72.4 Å². The lowest BCUT2D eigenvalue weighted by Crippen LogP contribution is -2.25. The van der Waals surface area contributed by atoms with Gasteiger partial charge in [0.05, 0.1) is 25.9 Å². The molecule has 1 saturated heterocycles. The van der Waals surface area contributed by atoms with Gasteiger partial charge in [-0.2, -0.15) is 0 Å². The maximum Gasteiger partial charge on any atom is 0.0816 e. The van der Waals surface area contributed by atoms with Crippen molar-refractivity contribution in [2.24, 2.45) is 0 Å². The summed E-state index contributed by atoms with van der Waals surface area (Å²) >= 11 is 1.43. The van der Waals surface area contributed by atoms with Gasteiger partial charge in [-0.15, -0.1) is 0 Å². The van der Waals surface area contributed by atoms with Crippen LogP contribution in [-0.4, -0.2) is 37.7 Å². The largest absolute Gasteiger partial charge is 0.380 e. The van der Waals surface area contributed by atoms with Gasteiger partial charge in [0.1, 0.15) is 0 Å².